The van der Waals surface area contributed by atoms with Crippen molar-refractivity contribution in [2.45, 2.75) is 25.1 Å². The molecule has 0 saturated carbocycles. The van der Waals surface area contributed by atoms with Crippen LogP contribution in [0.5, 0.6) is 0 Å². The smallest absolute Gasteiger partial charge is 0.369 e. The molecule has 2 aliphatic rings. The fourth-order valence-electron chi connectivity index (χ4n) is 5.77. The summed E-state index contributed by atoms with van der Waals surface area (Å²) in [4.78, 5) is 6.40. The van der Waals surface area contributed by atoms with Crippen molar-refractivity contribution >= 4 is 11.4 Å². The van der Waals surface area contributed by atoms with Gasteiger partial charge < -0.3 is 15.1 Å². The highest BCUT2D eigenvalue weighted by molar-refractivity contribution is 5.64. The van der Waals surface area contributed by atoms with Crippen LogP contribution in [-0.4, -0.2) is 57.3 Å². The molecule has 13 heteroatoms. The average molecular weight is 695 g/mol. The van der Waals surface area contributed by atoms with E-state index in [0.29, 0.717) is 19.6 Å². The van der Waals surface area contributed by atoms with Crippen LogP contribution in [-0.2, 0) is 25.1 Å². The minimum atomic E-state index is -4.36. The molecule has 49 heavy (non-hydrogen) atoms. The van der Waals surface area contributed by atoms with Gasteiger partial charge in [-0.1, -0.05) is 30.3 Å². The number of benzene rings is 4. The Balaban J connectivity index is 0.000000244. The second-order valence-electron chi connectivity index (χ2n) is 11.9. The topological polar surface area (TPSA) is 21.8 Å². The van der Waals surface area contributed by atoms with E-state index in [0.717, 1.165) is 104 Å². The van der Waals surface area contributed by atoms with E-state index in [9.17, 15) is 39.5 Å². The number of nitrogens with zero attached hydrogens (tertiary/aromatic N) is 3. The number of halogens is 9. The van der Waals surface area contributed by atoms with Crippen LogP contribution in [0.25, 0.3) is 11.1 Å². The maximum Gasteiger partial charge on any atom is 0.416 e. The van der Waals surface area contributed by atoms with Crippen molar-refractivity contribution in [2.24, 2.45) is 0 Å². The Labute approximate surface area is 278 Å². The molecule has 0 amide bonds. The van der Waals surface area contributed by atoms with E-state index in [1.807, 2.05) is 24.3 Å². The van der Waals surface area contributed by atoms with E-state index >= 15 is 0 Å². The average Bonchev–Trinajstić information content (AvgIpc) is 3.08. The monoisotopic (exact) mass is 694 g/mol. The second-order valence-corrected chi connectivity index (χ2v) is 11.9. The Bertz CT molecular complexity index is 1620. The summed E-state index contributed by atoms with van der Waals surface area (Å²) < 4.78 is 114. The molecule has 2 aliphatic heterocycles. The molecule has 0 aliphatic carbocycles. The summed E-state index contributed by atoms with van der Waals surface area (Å²) in [5.41, 5.74) is 2.33. The molecule has 2 fully saturated rings. The molecule has 1 N–H and O–H groups in total. The van der Waals surface area contributed by atoms with Gasteiger partial charge in [0, 0.05) is 70.3 Å². The molecule has 2 heterocycles. The first kappa shape index (κ1) is 36.1. The van der Waals surface area contributed by atoms with Gasteiger partial charge in [-0.25, -0.2) is 0 Å². The van der Waals surface area contributed by atoms with Gasteiger partial charge in [0.1, 0.15) is 0 Å². The van der Waals surface area contributed by atoms with Gasteiger partial charge in [-0.3, -0.25) is 4.90 Å². The molecular formula is C36H35F9N4. The Kier molecular flexibility index (Phi) is 11.1. The lowest BCUT2D eigenvalue weighted by Gasteiger charge is -2.36. The van der Waals surface area contributed by atoms with Crippen LogP contribution in [0.15, 0.2) is 97.1 Å². The van der Waals surface area contributed by atoms with Gasteiger partial charge in [0.25, 0.3) is 0 Å². The third-order valence-corrected chi connectivity index (χ3v) is 8.49. The van der Waals surface area contributed by atoms with Crippen molar-refractivity contribution in [3.05, 3.63) is 119 Å². The number of piperazine rings is 2. The summed E-state index contributed by atoms with van der Waals surface area (Å²) in [7, 11) is 0. The van der Waals surface area contributed by atoms with Crippen LogP contribution in [0.3, 0.4) is 0 Å². The van der Waals surface area contributed by atoms with Gasteiger partial charge in [0.05, 0.1) is 16.7 Å². The number of hydrogen-bond acceptors (Lipinski definition) is 4. The highest BCUT2D eigenvalue weighted by Gasteiger charge is 2.32. The third kappa shape index (κ3) is 9.91. The zero-order chi connectivity index (χ0) is 35.2. The zero-order valence-electron chi connectivity index (χ0n) is 26.3. The number of alkyl halides is 9. The molecule has 0 atom stereocenters. The summed E-state index contributed by atoms with van der Waals surface area (Å²) in [6.07, 6.45) is -12.9. The van der Waals surface area contributed by atoms with Gasteiger partial charge in [-0.05, 0) is 83.4 Å². The molecule has 0 aromatic heterocycles. The molecule has 0 unspecified atom stereocenters. The van der Waals surface area contributed by atoms with E-state index in [4.69, 9.17) is 0 Å². The maximum absolute atomic E-state index is 12.8. The lowest BCUT2D eigenvalue weighted by Crippen LogP contribution is -2.45. The molecule has 4 aromatic rings. The summed E-state index contributed by atoms with van der Waals surface area (Å²) in [5, 5.41) is 3.20. The number of anilines is 2. The Hall–Kier alpha value is -4.23. The number of nitrogens with one attached hydrogen (secondary N) is 1. The molecule has 0 bridgehead atoms. The third-order valence-electron chi connectivity index (χ3n) is 8.49. The van der Waals surface area contributed by atoms with Crippen LogP contribution in [0, 0.1) is 0 Å². The quantitative estimate of drug-likeness (QED) is 0.211. The lowest BCUT2D eigenvalue weighted by atomic mass is 10.0. The van der Waals surface area contributed by atoms with Crippen LogP contribution in [0.4, 0.5) is 50.9 Å². The van der Waals surface area contributed by atoms with Gasteiger partial charge in [0.15, 0.2) is 0 Å². The molecular weight excluding hydrogens is 659 g/mol. The zero-order valence-corrected chi connectivity index (χ0v) is 26.3. The Morgan fingerprint density at radius 1 is 0.469 bits per heavy atom. The van der Waals surface area contributed by atoms with Crippen LogP contribution in [0.1, 0.15) is 22.3 Å². The Morgan fingerprint density at radius 3 is 1.35 bits per heavy atom. The molecule has 6 rings (SSSR count). The molecule has 4 nitrogen and oxygen atoms in total. The molecule has 4 aromatic carbocycles. The van der Waals surface area contributed by atoms with Crippen molar-refractivity contribution in [1.29, 1.82) is 0 Å². The minimum absolute atomic E-state index is 0.591. The van der Waals surface area contributed by atoms with Crippen LogP contribution < -0.4 is 15.1 Å². The van der Waals surface area contributed by atoms with Crippen molar-refractivity contribution < 1.29 is 39.5 Å². The van der Waals surface area contributed by atoms with Gasteiger partial charge in [-0.2, -0.15) is 39.5 Å². The van der Waals surface area contributed by atoms with Crippen molar-refractivity contribution in [2.75, 3.05) is 62.2 Å². The predicted molar refractivity (Wildman–Crippen MR) is 172 cm³/mol. The first-order valence-electron chi connectivity index (χ1n) is 15.7. The summed E-state index contributed by atoms with van der Waals surface area (Å²) >= 11 is 0. The van der Waals surface area contributed by atoms with Crippen LogP contribution in [0.2, 0.25) is 0 Å². The highest BCUT2D eigenvalue weighted by atomic mass is 19.4. The lowest BCUT2D eigenvalue weighted by molar-refractivity contribution is -0.138. The van der Waals surface area contributed by atoms with E-state index in [1.165, 1.54) is 36.4 Å². The molecule has 0 spiro atoms. The highest BCUT2D eigenvalue weighted by Crippen LogP contribution is 2.33. The van der Waals surface area contributed by atoms with E-state index < -0.39 is 35.2 Å². The first-order valence-corrected chi connectivity index (χ1v) is 15.7. The maximum atomic E-state index is 12.8. The van der Waals surface area contributed by atoms with Crippen molar-refractivity contribution in [3.63, 3.8) is 0 Å². The second kappa shape index (κ2) is 15.1. The first-order chi connectivity index (χ1) is 23.2. The SMILES string of the molecule is FC(F)(F)c1ccc(-c2cccc(CN3CCN(c4ccc(C(F)(F)F)cc4)CC3)c2)cc1.FC(F)(F)c1ccc(N2CCNCC2)cc1. The molecule has 262 valence electrons. The van der Waals surface area contributed by atoms with Gasteiger partial charge >= 0.3 is 18.5 Å². The van der Waals surface area contributed by atoms with Crippen LogP contribution >= 0.6 is 0 Å². The normalized spacial score (nSPS) is 16.3. The largest absolute Gasteiger partial charge is 0.416 e. The summed E-state index contributed by atoms with van der Waals surface area (Å²) in [6, 6.07) is 23.4. The molecule has 0 radical (unpaired) electrons. The number of rotatable bonds is 5. The minimum Gasteiger partial charge on any atom is -0.369 e. The fraction of sp³-hybridized carbons (Fsp3) is 0.333. The molecule has 2 saturated heterocycles. The van der Waals surface area contributed by atoms with Crippen molar-refractivity contribution in [1.82, 2.24) is 10.2 Å². The summed E-state index contributed by atoms with van der Waals surface area (Å²) in [5.74, 6) is 0. The van der Waals surface area contributed by atoms with E-state index in [1.54, 1.807) is 0 Å². The van der Waals surface area contributed by atoms with Gasteiger partial charge in [0.2, 0.25) is 0 Å². The van der Waals surface area contributed by atoms with E-state index in [-0.39, 0.29) is 0 Å². The van der Waals surface area contributed by atoms with Gasteiger partial charge in [-0.15, -0.1) is 0 Å². The van der Waals surface area contributed by atoms with Crippen molar-refractivity contribution in [3.8, 4) is 11.1 Å². The Morgan fingerprint density at radius 2 is 0.898 bits per heavy atom. The fourth-order valence-corrected chi connectivity index (χ4v) is 5.77. The number of hydrogen-bond donors (Lipinski definition) is 1. The standard InChI is InChI=1S/C25H22F6N2.C11H13F3N2/c26-24(27,28)21-6-4-19(5-7-21)20-3-1-2-18(16-20)17-32-12-14-33(15-13-32)23-10-8-22(9-11-23)25(29,30)31;12-11(13,14)9-1-3-10(4-2-9)16-7-5-15-6-8-16/h1-11,16H,12-15,17H2;1-4,15H,5-8H2. The van der Waals surface area contributed by atoms with E-state index in [2.05, 4.69) is 20.0 Å². The predicted octanol–water partition coefficient (Wildman–Crippen LogP) is 8.83. The summed E-state index contributed by atoms with van der Waals surface area (Å²) in [6.45, 7) is 7.03.